The molecule has 17 heavy (non-hydrogen) atoms. The van der Waals surface area contributed by atoms with E-state index in [1.807, 2.05) is 0 Å². The predicted octanol–water partition coefficient (Wildman–Crippen LogP) is 0.104. The molecule has 1 aliphatic heterocycles. The van der Waals surface area contributed by atoms with E-state index in [1.165, 1.54) is 4.90 Å². The van der Waals surface area contributed by atoms with Crippen LogP contribution >= 0.6 is 0 Å². The first-order valence-electron chi connectivity index (χ1n) is 5.70. The summed E-state index contributed by atoms with van der Waals surface area (Å²) in [4.78, 5) is 24.2. The summed E-state index contributed by atoms with van der Waals surface area (Å²) in [6.07, 6.45) is 0.214. The topological polar surface area (TPSA) is 78.9 Å². The molecule has 2 amide bonds. The standard InChI is InChI=1S/C11H20N2O4/c1-11(2,3)17-10(16)12-8-4-5-13(6-8)9(15)7-14/h8,14H,4-7H2,1-3H3,(H,12,16)/t8-/m0/s1. The van der Waals surface area contributed by atoms with Crippen LogP contribution in [0.25, 0.3) is 0 Å². The molecule has 0 aromatic heterocycles. The summed E-state index contributed by atoms with van der Waals surface area (Å²) < 4.78 is 5.12. The molecular formula is C11H20N2O4. The van der Waals surface area contributed by atoms with Crippen LogP contribution < -0.4 is 5.32 Å². The first-order valence-corrected chi connectivity index (χ1v) is 5.70. The largest absolute Gasteiger partial charge is 0.444 e. The lowest BCUT2D eigenvalue weighted by atomic mass is 10.2. The lowest BCUT2D eigenvalue weighted by Crippen LogP contribution is -2.41. The van der Waals surface area contributed by atoms with Crippen molar-refractivity contribution in [2.45, 2.75) is 38.8 Å². The van der Waals surface area contributed by atoms with Gasteiger partial charge in [0, 0.05) is 13.1 Å². The highest BCUT2D eigenvalue weighted by Crippen LogP contribution is 2.11. The number of carbonyl (C=O) groups is 2. The summed E-state index contributed by atoms with van der Waals surface area (Å²) in [5, 5.41) is 11.4. The molecule has 0 radical (unpaired) electrons. The third kappa shape index (κ3) is 4.60. The van der Waals surface area contributed by atoms with E-state index in [1.54, 1.807) is 20.8 Å². The van der Waals surface area contributed by atoms with Crippen molar-refractivity contribution >= 4 is 12.0 Å². The van der Waals surface area contributed by atoms with Gasteiger partial charge in [-0.25, -0.2) is 4.79 Å². The third-order valence-electron chi connectivity index (χ3n) is 2.40. The molecule has 0 unspecified atom stereocenters. The van der Waals surface area contributed by atoms with E-state index in [0.717, 1.165) is 0 Å². The molecule has 2 N–H and O–H groups in total. The van der Waals surface area contributed by atoms with E-state index in [0.29, 0.717) is 19.5 Å². The number of carbonyl (C=O) groups excluding carboxylic acids is 2. The first-order chi connectivity index (χ1) is 7.81. The van der Waals surface area contributed by atoms with Gasteiger partial charge in [-0.1, -0.05) is 0 Å². The Kier molecular flexibility index (Phi) is 4.34. The van der Waals surface area contributed by atoms with E-state index >= 15 is 0 Å². The van der Waals surface area contributed by atoms with Crippen molar-refractivity contribution in [3.8, 4) is 0 Å². The van der Waals surface area contributed by atoms with Gasteiger partial charge in [-0.3, -0.25) is 4.79 Å². The minimum Gasteiger partial charge on any atom is -0.444 e. The predicted molar refractivity (Wildman–Crippen MR) is 61.4 cm³/mol. The Morgan fingerprint density at radius 2 is 2.12 bits per heavy atom. The van der Waals surface area contributed by atoms with Crippen LogP contribution in [0.1, 0.15) is 27.2 Å². The van der Waals surface area contributed by atoms with Crippen molar-refractivity contribution in [3.63, 3.8) is 0 Å². The quantitative estimate of drug-likeness (QED) is 0.722. The molecule has 1 saturated heterocycles. The fraction of sp³-hybridized carbons (Fsp3) is 0.818. The summed E-state index contributed by atoms with van der Waals surface area (Å²) in [6, 6.07) is -0.0969. The van der Waals surface area contributed by atoms with Crippen LogP contribution in [0.4, 0.5) is 4.79 Å². The highest BCUT2D eigenvalue weighted by Gasteiger charge is 2.28. The average molecular weight is 244 g/mol. The molecule has 0 aliphatic carbocycles. The van der Waals surface area contributed by atoms with Crippen LogP contribution in [-0.4, -0.2) is 53.3 Å². The van der Waals surface area contributed by atoms with Gasteiger partial charge in [-0.15, -0.1) is 0 Å². The van der Waals surface area contributed by atoms with Crippen LogP contribution in [0.15, 0.2) is 0 Å². The molecule has 0 saturated carbocycles. The van der Waals surface area contributed by atoms with Crippen LogP contribution in [0.2, 0.25) is 0 Å². The summed E-state index contributed by atoms with van der Waals surface area (Å²) in [5.41, 5.74) is -0.525. The van der Waals surface area contributed by atoms with Gasteiger partial charge in [0.1, 0.15) is 12.2 Å². The lowest BCUT2D eigenvalue weighted by molar-refractivity contribution is -0.133. The van der Waals surface area contributed by atoms with Gasteiger partial charge in [0.05, 0.1) is 6.04 Å². The Labute approximate surface area is 101 Å². The number of nitrogens with zero attached hydrogens (tertiary/aromatic N) is 1. The van der Waals surface area contributed by atoms with Gasteiger partial charge in [0.2, 0.25) is 5.91 Å². The molecule has 1 heterocycles. The summed E-state index contributed by atoms with van der Waals surface area (Å²) in [5.74, 6) is -0.307. The molecule has 0 aromatic rings. The number of likely N-dealkylation sites (tertiary alicyclic amines) is 1. The van der Waals surface area contributed by atoms with Crippen molar-refractivity contribution in [2.75, 3.05) is 19.7 Å². The lowest BCUT2D eigenvalue weighted by Gasteiger charge is -2.21. The number of ether oxygens (including phenoxy) is 1. The first kappa shape index (κ1) is 13.8. The second kappa shape index (κ2) is 5.35. The van der Waals surface area contributed by atoms with Crippen molar-refractivity contribution in [3.05, 3.63) is 0 Å². The maximum Gasteiger partial charge on any atom is 0.407 e. The molecule has 6 heteroatoms. The van der Waals surface area contributed by atoms with Crippen LogP contribution in [-0.2, 0) is 9.53 Å². The van der Waals surface area contributed by atoms with E-state index in [2.05, 4.69) is 5.32 Å². The molecule has 1 rings (SSSR count). The van der Waals surface area contributed by atoms with Crippen LogP contribution in [0.5, 0.6) is 0 Å². The molecular weight excluding hydrogens is 224 g/mol. The summed E-state index contributed by atoms with van der Waals surface area (Å²) >= 11 is 0. The monoisotopic (exact) mass is 244 g/mol. The van der Waals surface area contributed by atoms with E-state index in [9.17, 15) is 9.59 Å². The van der Waals surface area contributed by atoms with Gasteiger partial charge in [0.15, 0.2) is 0 Å². The minimum atomic E-state index is -0.525. The van der Waals surface area contributed by atoms with Gasteiger partial charge < -0.3 is 20.1 Å². The van der Waals surface area contributed by atoms with E-state index in [4.69, 9.17) is 9.84 Å². The smallest absolute Gasteiger partial charge is 0.407 e. The SMILES string of the molecule is CC(C)(C)OC(=O)N[C@H]1CCN(C(=O)CO)C1. The zero-order valence-corrected chi connectivity index (χ0v) is 10.5. The van der Waals surface area contributed by atoms with Gasteiger partial charge in [-0.2, -0.15) is 0 Å². The highest BCUT2D eigenvalue weighted by atomic mass is 16.6. The van der Waals surface area contributed by atoms with Crippen molar-refractivity contribution in [2.24, 2.45) is 0 Å². The zero-order chi connectivity index (χ0) is 13.1. The number of aliphatic hydroxyl groups excluding tert-OH is 1. The maximum absolute atomic E-state index is 11.5. The molecule has 6 nitrogen and oxygen atoms in total. The van der Waals surface area contributed by atoms with Gasteiger partial charge in [0.25, 0.3) is 0 Å². The fourth-order valence-electron chi connectivity index (χ4n) is 1.68. The number of hydrogen-bond acceptors (Lipinski definition) is 4. The molecule has 0 bridgehead atoms. The molecule has 98 valence electrons. The molecule has 1 fully saturated rings. The summed E-state index contributed by atoms with van der Waals surface area (Å²) in [6.45, 7) is 5.88. The molecule has 1 atom stereocenters. The van der Waals surface area contributed by atoms with Gasteiger partial charge >= 0.3 is 6.09 Å². The third-order valence-corrected chi connectivity index (χ3v) is 2.40. The highest BCUT2D eigenvalue weighted by molar-refractivity contribution is 5.77. The van der Waals surface area contributed by atoms with Crippen molar-refractivity contribution in [1.82, 2.24) is 10.2 Å². The second-order valence-corrected chi connectivity index (χ2v) is 5.13. The van der Waals surface area contributed by atoms with Crippen LogP contribution in [0, 0.1) is 0 Å². The Morgan fingerprint density at radius 3 is 2.65 bits per heavy atom. The van der Waals surface area contributed by atoms with Crippen LogP contribution in [0.3, 0.4) is 0 Å². The van der Waals surface area contributed by atoms with Crippen molar-refractivity contribution < 1.29 is 19.4 Å². The van der Waals surface area contributed by atoms with E-state index in [-0.39, 0.29) is 11.9 Å². The minimum absolute atomic E-state index is 0.0969. The summed E-state index contributed by atoms with van der Waals surface area (Å²) in [7, 11) is 0. The van der Waals surface area contributed by atoms with Crippen molar-refractivity contribution in [1.29, 1.82) is 0 Å². The number of aliphatic hydroxyl groups is 1. The number of alkyl carbamates (subject to hydrolysis) is 1. The number of hydrogen-bond donors (Lipinski definition) is 2. The number of nitrogens with one attached hydrogen (secondary N) is 1. The molecule has 1 aliphatic rings. The Balaban J connectivity index is 2.35. The Morgan fingerprint density at radius 1 is 1.47 bits per heavy atom. The Hall–Kier alpha value is -1.30. The van der Waals surface area contributed by atoms with Gasteiger partial charge in [-0.05, 0) is 27.2 Å². The number of amides is 2. The Bertz CT molecular complexity index is 298. The van der Waals surface area contributed by atoms with E-state index < -0.39 is 18.3 Å². The normalized spacial score (nSPS) is 20.2. The average Bonchev–Trinajstić information content (AvgIpc) is 2.62. The number of rotatable bonds is 2. The zero-order valence-electron chi connectivity index (χ0n) is 10.5. The second-order valence-electron chi connectivity index (χ2n) is 5.13. The molecule has 0 aromatic carbocycles. The molecule has 0 spiro atoms. The maximum atomic E-state index is 11.5. The fourth-order valence-corrected chi connectivity index (χ4v) is 1.68.